The van der Waals surface area contributed by atoms with Gasteiger partial charge in [-0.1, -0.05) is 66.4 Å². The van der Waals surface area contributed by atoms with Crippen LogP contribution in [0.4, 0.5) is 0 Å². The second-order valence-electron chi connectivity index (χ2n) is 34.0. The summed E-state index contributed by atoms with van der Waals surface area (Å²) in [6, 6.07) is 6.13. The molecule has 0 aromatic heterocycles. The Kier molecular flexibility index (Phi) is 3.74. The quantitative estimate of drug-likeness (QED) is 0.150. The Morgan fingerprint density at radius 1 is 0.405 bits per heavy atom. The molecule has 23 unspecified atom stereocenters. The van der Waals surface area contributed by atoms with E-state index in [2.05, 4.69) is 103 Å². The van der Waals surface area contributed by atoms with Crippen molar-refractivity contribution in [2.45, 2.75) is 194 Å². The van der Waals surface area contributed by atoms with E-state index < -0.39 is 0 Å². The van der Waals surface area contributed by atoms with Gasteiger partial charge in [0.05, 0.1) is 4.75 Å². The van der Waals surface area contributed by atoms with Crippen molar-refractivity contribution in [1.82, 2.24) is 0 Å². The van der Waals surface area contributed by atoms with Crippen LogP contribution in [0.25, 0.3) is 97.3 Å². The highest BCUT2D eigenvalue weighted by Gasteiger charge is 2.89. The van der Waals surface area contributed by atoms with Crippen LogP contribution in [-0.4, -0.2) is 0 Å². The lowest BCUT2D eigenvalue weighted by Gasteiger charge is -2.65. The predicted octanol–water partition coefficient (Wildman–Crippen LogP) is 18.6. The summed E-state index contributed by atoms with van der Waals surface area (Å²) >= 11 is 2.64. The Labute approximate surface area is 457 Å². The Morgan fingerprint density at radius 2 is 0.759 bits per heavy atom. The van der Waals surface area contributed by atoms with Crippen molar-refractivity contribution in [2.75, 3.05) is 0 Å². The molecule has 0 bridgehead atoms. The first-order valence-corrected chi connectivity index (χ1v) is 33.8. The highest BCUT2D eigenvalue weighted by Crippen LogP contribution is 3.01. The maximum absolute atomic E-state index is 3.11. The molecule has 2 spiro atoms. The summed E-state index contributed by atoms with van der Waals surface area (Å²) in [5, 5.41) is 30.9. The van der Waals surface area contributed by atoms with E-state index in [-0.39, 0.29) is 15.6 Å². The minimum absolute atomic E-state index is 0.00849. The monoisotopic (exact) mass is 1020 g/mol. The van der Waals surface area contributed by atoms with Crippen LogP contribution in [0, 0.1) is 17.8 Å². The molecule has 34 rings (SSSR count). The normalized spacial score (nSPS) is 44.5. The van der Waals surface area contributed by atoms with Gasteiger partial charge in [0, 0.05) is 10.3 Å². The van der Waals surface area contributed by atoms with Crippen LogP contribution in [-0.2, 0) is 22.0 Å². The van der Waals surface area contributed by atoms with Gasteiger partial charge in [-0.3, -0.25) is 0 Å². The lowest BCUT2D eigenvalue weighted by atomic mass is 9.39. The van der Waals surface area contributed by atoms with Gasteiger partial charge in [-0.25, -0.2) is 0 Å². The molecule has 11 aromatic carbocycles. The molecule has 0 N–H and O–H groups in total. The fourth-order valence-electron chi connectivity index (χ4n) is 34.0. The second-order valence-corrected chi connectivity index (χ2v) is 35.3. The molecule has 22 aliphatic carbocycles. The number of thioether (sulfide) groups is 1. The van der Waals surface area contributed by atoms with E-state index >= 15 is 0 Å². The Morgan fingerprint density at radius 3 is 1.20 bits per heavy atom. The van der Waals surface area contributed by atoms with Crippen LogP contribution in [0.1, 0.15) is 295 Å². The molecule has 1 heteroatoms. The number of rotatable bonds is 6. The zero-order valence-electron chi connectivity index (χ0n) is 44.7. The van der Waals surface area contributed by atoms with Gasteiger partial charge in [-0.15, -0.1) is 11.8 Å². The number of benzene rings is 10. The molecule has 1 aliphatic heterocycles. The minimum atomic E-state index is -0.00849. The first-order chi connectivity index (χ1) is 38.9. The van der Waals surface area contributed by atoms with Gasteiger partial charge in [0.1, 0.15) is 0 Å². The van der Waals surface area contributed by atoms with E-state index in [9.17, 15) is 0 Å². The third-order valence-electron chi connectivity index (χ3n) is 33.3. The van der Waals surface area contributed by atoms with Crippen molar-refractivity contribution in [1.29, 1.82) is 0 Å². The number of hydrogen-bond donors (Lipinski definition) is 0. The molecule has 1 saturated carbocycles. The summed E-state index contributed by atoms with van der Waals surface area (Å²) in [4.78, 5) is 1.79. The number of fused-ring (bicyclic) bond motifs is 1. The van der Waals surface area contributed by atoms with E-state index in [1.54, 1.807) is 16.0 Å². The summed E-state index contributed by atoms with van der Waals surface area (Å²) in [5.74, 6) is 13.9. The molecule has 1 heterocycles. The van der Waals surface area contributed by atoms with Gasteiger partial charge >= 0.3 is 0 Å². The van der Waals surface area contributed by atoms with E-state index in [0.717, 1.165) is 5.92 Å². The molecule has 0 saturated heterocycles. The Hall–Kier alpha value is -5.37. The highest BCUT2D eigenvalue weighted by atomic mass is 32.2. The van der Waals surface area contributed by atoms with Crippen LogP contribution >= 0.6 is 11.8 Å². The molecule has 1 fully saturated rings. The average molecular weight is 1020 g/mol. The highest BCUT2D eigenvalue weighted by molar-refractivity contribution is 8.00. The summed E-state index contributed by atoms with van der Waals surface area (Å²) < 4.78 is 0.0308. The van der Waals surface area contributed by atoms with Gasteiger partial charge in [-0.05, 0) is 367 Å². The van der Waals surface area contributed by atoms with Crippen LogP contribution in [0.3, 0.4) is 0 Å². The summed E-state index contributed by atoms with van der Waals surface area (Å²) in [6.07, 6.45) is 6.63. The van der Waals surface area contributed by atoms with Crippen molar-refractivity contribution < 1.29 is 0 Å². The molecule has 23 aliphatic rings. The molecule has 0 radical (unpaired) electrons. The second kappa shape index (κ2) is 8.48. The van der Waals surface area contributed by atoms with Crippen LogP contribution in [0.15, 0.2) is 17.0 Å². The Balaban J connectivity index is 0.914. The zero-order valence-corrected chi connectivity index (χ0v) is 45.5. The maximum Gasteiger partial charge on any atom is 0.0645 e. The average Bonchev–Trinajstić information content (AvgIpc) is 1.71. The van der Waals surface area contributed by atoms with Crippen molar-refractivity contribution in [3.63, 3.8) is 0 Å². The number of hydrogen-bond acceptors (Lipinski definition) is 1. The predicted molar refractivity (Wildman–Crippen MR) is 312 cm³/mol. The number of unbranched alkanes of at least 4 members (excludes halogenated alkanes) is 1. The van der Waals surface area contributed by atoms with Crippen LogP contribution in [0.2, 0.25) is 0 Å². The standard InChI is InChI=1S/C78H48S/c1-6-8-9-13(7-2)10-14-11-17-16(12-15(14)76(3,4)5)77-72-64-56-46-36-28-20-18-19-22-26-24(20)32-40-34(26)44-38-30(22)31-23(19)27-25-21(18)29(28)37-43-33(25)41-35(27)45-39(31)49-48(38)60-54(44)62-52(40)58(50(56)42(32)36)66(72)68(62)74-70(60)71-61(49)55(45)63-53(41)59-51(43)57(47(37)46)65(64)73(77)67(59)69(63)75(71)78(74,77)79-17/h11-13,20,22,24,26,28,30,36,38,46-49,57,61,65,67,69,71,73,75H,6-10H2,1-5H3. The van der Waals surface area contributed by atoms with E-state index in [1.165, 1.54) is 32.1 Å². The summed E-state index contributed by atoms with van der Waals surface area (Å²) in [7, 11) is 0. The topological polar surface area (TPSA) is 0 Å². The summed E-state index contributed by atoms with van der Waals surface area (Å²) in [5.41, 5.74) is 50.2. The lowest BCUT2D eigenvalue weighted by molar-refractivity contribution is 0.0341. The maximum atomic E-state index is 3.11. The molecule has 11 aromatic rings. The van der Waals surface area contributed by atoms with Crippen molar-refractivity contribution in [3.05, 3.63) is 140 Å². The van der Waals surface area contributed by atoms with Crippen molar-refractivity contribution in [3.8, 4) is 11.1 Å². The third kappa shape index (κ3) is 2.15. The SMILES string of the molecule is CCCCC(CC)Cc1cc2c(cc1C(C)(C)C)C13c4c5c6c7c8c9c%10c%11c%12c%13c%14c%15c(c%16c%13c%10c7c4-%16)C1(S2)C1C%15C2c4c7c%10c%13c%15c%16c%17c%18c%19c%20c%21c%22c%23c(c4c4c%22c%19c%16c%104)C2C%14C%12C%23C%21C%11C9C%20C%18C8C6C%17C%15C5C3C%13C71. The third-order valence-corrected chi connectivity index (χ3v) is 35.0. The molecular weight excluding hydrogens is 969 g/mol. The fraction of sp³-hybridized carbons (Fsp3) is 0.436. The smallest absolute Gasteiger partial charge is 0.0645 e. The lowest BCUT2D eigenvalue weighted by Crippen LogP contribution is -2.62. The molecule has 0 amide bonds. The molecule has 79 heavy (non-hydrogen) atoms. The Bertz CT molecular complexity index is 5750. The summed E-state index contributed by atoms with van der Waals surface area (Å²) in [6.45, 7) is 12.8. The molecule has 23 atom stereocenters. The van der Waals surface area contributed by atoms with Gasteiger partial charge in [0.15, 0.2) is 0 Å². The molecular formula is C78H48S. The fourth-order valence-corrected chi connectivity index (χ4v) is 36.1. The van der Waals surface area contributed by atoms with Gasteiger partial charge in [-0.2, -0.15) is 0 Å². The minimum Gasteiger partial charge on any atom is -0.112 e. The van der Waals surface area contributed by atoms with E-state index in [4.69, 9.17) is 0 Å². The van der Waals surface area contributed by atoms with Gasteiger partial charge < -0.3 is 0 Å². The zero-order chi connectivity index (χ0) is 48.5. The largest absolute Gasteiger partial charge is 0.112 e. The molecule has 0 nitrogen and oxygen atoms in total. The van der Waals surface area contributed by atoms with Crippen molar-refractivity contribution in [2.24, 2.45) is 17.8 Å². The molecule has 366 valence electrons. The van der Waals surface area contributed by atoms with Crippen LogP contribution in [0.5, 0.6) is 0 Å². The van der Waals surface area contributed by atoms with Crippen LogP contribution < -0.4 is 0 Å². The van der Waals surface area contributed by atoms with Gasteiger partial charge in [0.2, 0.25) is 0 Å². The van der Waals surface area contributed by atoms with Crippen molar-refractivity contribution >= 4 is 97.9 Å². The van der Waals surface area contributed by atoms with E-state index in [0.29, 0.717) is 118 Å². The van der Waals surface area contributed by atoms with Gasteiger partial charge in [0.25, 0.3) is 0 Å². The first-order valence-electron chi connectivity index (χ1n) is 33.0. The first kappa shape index (κ1) is 34.8. The van der Waals surface area contributed by atoms with E-state index in [1.807, 2.05) is 170 Å².